The zero-order valence-corrected chi connectivity index (χ0v) is 11.3. The van der Waals surface area contributed by atoms with Crippen LogP contribution >= 0.6 is 0 Å². The van der Waals surface area contributed by atoms with Crippen molar-refractivity contribution in [3.05, 3.63) is 72.8 Å². The van der Waals surface area contributed by atoms with Gasteiger partial charge in [-0.15, -0.1) is 0 Å². The molecule has 5 aromatic rings. The molecule has 0 saturated heterocycles. The molecule has 0 aliphatic carbocycles. The summed E-state index contributed by atoms with van der Waals surface area (Å²) < 4.78 is 6.25. The highest BCUT2D eigenvalue weighted by molar-refractivity contribution is 6.22. The highest BCUT2D eigenvalue weighted by Gasteiger charge is 2.09. The molecule has 0 fully saturated rings. The van der Waals surface area contributed by atoms with Crippen LogP contribution in [0.15, 0.2) is 77.2 Å². The number of rotatable bonds is 0. The molecule has 1 heterocycles. The number of fused-ring (bicyclic) bond motifs is 1. The van der Waals surface area contributed by atoms with Crippen molar-refractivity contribution in [1.82, 2.24) is 0 Å². The molecule has 0 spiro atoms. The van der Waals surface area contributed by atoms with Gasteiger partial charge in [-0.25, -0.2) is 0 Å². The molecule has 1 aromatic heterocycles. The minimum atomic E-state index is 0.937. The van der Waals surface area contributed by atoms with Gasteiger partial charge < -0.3 is 4.42 Å². The van der Waals surface area contributed by atoms with Gasteiger partial charge in [0, 0.05) is 10.8 Å². The van der Waals surface area contributed by atoms with Crippen LogP contribution in [-0.2, 0) is 0 Å². The summed E-state index contributed by atoms with van der Waals surface area (Å²) in [4.78, 5) is 0. The predicted octanol–water partition coefficient (Wildman–Crippen LogP) is 5.89. The van der Waals surface area contributed by atoms with Crippen LogP contribution in [0, 0.1) is 0 Å². The Balaban J connectivity index is 2.30. The minimum absolute atomic E-state index is 0.937. The quantitative estimate of drug-likeness (QED) is 0.341. The van der Waals surface area contributed by atoms with Gasteiger partial charge in [0.2, 0.25) is 0 Å². The van der Waals surface area contributed by atoms with E-state index in [1.54, 1.807) is 0 Å². The topological polar surface area (TPSA) is 13.1 Å². The number of benzene rings is 4. The summed E-state index contributed by atoms with van der Waals surface area (Å²) in [5.74, 6) is 0. The van der Waals surface area contributed by atoms with Crippen molar-refractivity contribution in [1.29, 1.82) is 0 Å². The zero-order valence-electron chi connectivity index (χ0n) is 11.3. The lowest BCUT2D eigenvalue weighted by Crippen LogP contribution is -1.76. The van der Waals surface area contributed by atoms with E-state index in [9.17, 15) is 0 Å². The standard InChI is InChI=1S/C20H12O/c1-5-13-7-3-11-17-19(13)15(9-1)16-10-2-6-14-8-4-12-18(21-17)20(14)16/h1-12H. The van der Waals surface area contributed by atoms with E-state index in [1.165, 1.54) is 32.3 Å². The number of hydrogen-bond acceptors (Lipinski definition) is 1. The van der Waals surface area contributed by atoms with E-state index in [2.05, 4.69) is 72.8 Å². The molecule has 0 aliphatic rings. The molecule has 0 saturated carbocycles. The zero-order chi connectivity index (χ0) is 13.8. The fraction of sp³-hybridized carbons (Fsp3) is 0. The van der Waals surface area contributed by atoms with E-state index in [4.69, 9.17) is 4.42 Å². The lowest BCUT2D eigenvalue weighted by Gasteiger charge is -2.02. The minimum Gasteiger partial charge on any atom is -0.456 e. The van der Waals surface area contributed by atoms with Gasteiger partial charge in [-0.2, -0.15) is 0 Å². The van der Waals surface area contributed by atoms with Crippen molar-refractivity contribution in [2.24, 2.45) is 0 Å². The highest BCUT2D eigenvalue weighted by Crippen LogP contribution is 2.35. The molecule has 0 unspecified atom stereocenters. The van der Waals surface area contributed by atoms with Gasteiger partial charge in [0.1, 0.15) is 11.2 Å². The van der Waals surface area contributed by atoms with E-state index in [0.717, 1.165) is 11.2 Å². The number of hydrogen-bond donors (Lipinski definition) is 0. The second kappa shape index (κ2) is 3.86. The molecule has 0 N–H and O–H groups in total. The third kappa shape index (κ3) is 1.40. The summed E-state index contributed by atoms with van der Waals surface area (Å²) in [6.07, 6.45) is 0. The summed E-state index contributed by atoms with van der Waals surface area (Å²) in [6, 6.07) is 25.4. The van der Waals surface area contributed by atoms with Crippen molar-refractivity contribution in [2.75, 3.05) is 0 Å². The van der Waals surface area contributed by atoms with E-state index in [0.29, 0.717) is 0 Å². The molecule has 98 valence electrons. The predicted molar refractivity (Wildman–Crippen MR) is 88.7 cm³/mol. The van der Waals surface area contributed by atoms with Gasteiger partial charge in [-0.05, 0) is 33.7 Å². The van der Waals surface area contributed by atoms with E-state index in [-0.39, 0.29) is 0 Å². The van der Waals surface area contributed by atoms with E-state index in [1.807, 2.05) is 0 Å². The fourth-order valence-corrected chi connectivity index (χ4v) is 3.35. The first-order valence-electron chi connectivity index (χ1n) is 7.13. The van der Waals surface area contributed by atoms with Crippen LogP contribution in [0.3, 0.4) is 0 Å². The van der Waals surface area contributed by atoms with Gasteiger partial charge in [0.25, 0.3) is 0 Å². The largest absolute Gasteiger partial charge is 0.456 e. The normalized spacial score (nSPS) is 11.8. The second-order valence-corrected chi connectivity index (χ2v) is 5.42. The van der Waals surface area contributed by atoms with Crippen LogP contribution in [0.5, 0.6) is 0 Å². The molecular weight excluding hydrogens is 256 g/mol. The van der Waals surface area contributed by atoms with E-state index < -0.39 is 0 Å². The van der Waals surface area contributed by atoms with Gasteiger partial charge >= 0.3 is 0 Å². The smallest absolute Gasteiger partial charge is 0.135 e. The monoisotopic (exact) mass is 268 g/mol. The molecule has 0 atom stereocenters. The Morgan fingerprint density at radius 2 is 0.905 bits per heavy atom. The summed E-state index contributed by atoms with van der Waals surface area (Å²) >= 11 is 0. The van der Waals surface area contributed by atoms with Crippen LogP contribution in [0.1, 0.15) is 0 Å². The Morgan fingerprint density at radius 3 is 1.38 bits per heavy atom. The molecular formula is C20H12O. The first kappa shape index (κ1) is 10.9. The average Bonchev–Trinajstić information content (AvgIpc) is 2.67. The summed E-state index contributed by atoms with van der Waals surface area (Å²) in [5.41, 5.74) is 1.87. The molecule has 1 nitrogen and oxygen atoms in total. The molecule has 4 aromatic carbocycles. The summed E-state index contributed by atoms with van der Waals surface area (Å²) in [6.45, 7) is 0. The molecule has 21 heavy (non-hydrogen) atoms. The first-order chi connectivity index (χ1) is 10.4. The fourth-order valence-electron chi connectivity index (χ4n) is 3.35. The van der Waals surface area contributed by atoms with Crippen LogP contribution in [-0.4, -0.2) is 0 Å². The Morgan fingerprint density at radius 1 is 0.476 bits per heavy atom. The Bertz CT molecular complexity index is 1030. The van der Waals surface area contributed by atoms with Crippen molar-refractivity contribution in [3.8, 4) is 0 Å². The van der Waals surface area contributed by atoms with E-state index >= 15 is 0 Å². The van der Waals surface area contributed by atoms with Crippen LogP contribution in [0.2, 0.25) is 0 Å². The molecule has 0 aliphatic heterocycles. The molecule has 0 amide bonds. The van der Waals surface area contributed by atoms with Crippen molar-refractivity contribution < 1.29 is 4.42 Å². The maximum absolute atomic E-state index is 6.25. The average molecular weight is 268 g/mol. The maximum atomic E-state index is 6.25. The van der Waals surface area contributed by atoms with Gasteiger partial charge in [-0.3, -0.25) is 0 Å². The third-order valence-electron chi connectivity index (χ3n) is 4.24. The van der Waals surface area contributed by atoms with Crippen molar-refractivity contribution in [3.63, 3.8) is 0 Å². The van der Waals surface area contributed by atoms with Crippen LogP contribution in [0.4, 0.5) is 0 Å². The lowest BCUT2D eigenvalue weighted by atomic mass is 10.00. The molecule has 5 rings (SSSR count). The highest BCUT2D eigenvalue weighted by atomic mass is 16.3. The van der Waals surface area contributed by atoms with Crippen molar-refractivity contribution in [2.45, 2.75) is 0 Å². The first-order valence-corrected chi connectivity index (χ1v) is 7.13. The van der Waals surface area contributed by atoms with Gasteiger partial charge in [-0.1, -0.05) is 60.7 Å². The lowest BCUT2D eigenvalue weighted by molar-refractivity contribution is 0.664. The SMILES string of the molecule is c1cc2cccc3c4cccc5cccc(oc(c1)c23)c54. The Hall–Kier alpha value is -2.80. The van der Waals surface area contributed by atoms with Crippen LogP contribution in [0.25, 0.3) is 43.5 Å². The molecule has 0 radical (unpaired) electrons. The molecule has 0 bridgehead atoms. The summed E-state index contributed by atoms with van der Waals surface area (Å²) in [7, 11) is 0. The second-order valence-electron chi connectivity index (χ2n) is 5.42. The third-order valence-corrected chi connectivity index (χ3v) is 4.24. The molecule has 1 heteroatoms. The van der Waals surface area contributed by atoms with Crippen LogP contribution < -0.4 is 0 Å². The Labute approximate surface area is 121 Å². The van der Waals surface area contributed by atoms with Crippen molar-refractivity contribution >= 4 is 43.5 Å². The van der Waals surface area contributed by atoms with Gasteiger partial charge in [0.05, 0.1) is 0 Å². The maximum Gasteiger partial charge on any atom is 0.135 e. The Kier molecular flexibility index (Phi) is 2.01. The summed E-state index contributed by atoms with van der Waals surface area (Å²) in [5, 5.41) is 7.33. The van der Waals surface area contributed by atoms with Gasteiger partial charge in [0.15, 0.2) is 0 Å².